The third kappa shape index (κ3) is 7.24. The van der Waals surface area contributed by atoms with Crippen molar-refractivity contribution in [3.8, 4) is 5.88 Å². The summed E-state index contributed by atoms with van der Waals surface area (Å²) in [5, 5.41) is 23.2. The van der Waals surface area contributed by atoms with Gasteiger partial charge in [0.15, 0.2) is 0 Å². The molecule has 0 bridgehead atoms. The van der Waals surface area contributed by atoms with Gasteiger partial charge in [-0.15, -0.1) is 0 Å². The van der Waals surface area contributed by atoms with E-state index in [1.54, 1.807) is 19.1 Å². The average molecular weight is 464 g/mol. The van der Waals surface area contributed by atoms with Crippen molar-refractivity contribution in [2.75, 3.05) is 35.8 Å². The summed E-state index contributed by atoms with van der Waals surface area (Å²) < 4.78 is 5.46. The van der Waals surface area contributed by atoms with Crippen molar-refractivity contribution in [1.29, 1.82) is 5.41 Å². The first-order valence-electron chi connectivity index (χ1n) is 10.3. The van der Waals surface area contributed by atoms with Crippen molar-refractivity contribution in [2.45, 2.75) is 40.0 Å². The summed E-state index contributed by atoms with van der Waals surface area (Å²) in [6.45, 7) is 8.37. The molecule has 0 saturated heterocycles. The summed E-state index contributed by atoms with van der Waals surface area (Å²) >= 11 is 6.00. The number of nitrogens with zero attached hydrogens (tertiary/aromatic N) is 2. The molecule has 0 aromatic carbocycles. The zero-order valence-corrected chi connectivity index (χ0v) is 19.4. The van der Waals surface area contributed by atoms with Gasteiger partial charge < -0.3 is 25.9 Å². The van der Waals surface area contributed by atoms with Gasteiger partial charge >= 0.3 is 6.03 Å². The molecule has 2 rings (SSSR count). The van der Waals surface area contributed by atoms with Crippen LogP contribution in [0.2, 0.25) is 5.15 Å². The van der Waals surface area contributed by atoms with Gasteiger partial charge in [-0.3, -0.25) is 10.9 Å². The van der Waals surface area contributed by atoms with Crippen LogP contribution in [0, 0.1) is 5.41 Å². The molecule has 0 aliphatic heterocycles. The fraction of sp³-hybridized carbons (Fsp3) is 0.429. The van der Waals surface area contributed by atoms with Gasteiger partial charge in [0.05, 0.1) is 18.9 Å². The first-order chi connectivity index (χ1) is 15.2. The summed E-state index contributed by atoms with van der Waals surface area (Å²) in [4.78, 5) is 20.9. The van der Waals surface area contributed by atoms with Crippen molar-refractivity contribution >= 4 is 40.7 Å². The van der Waals surface area contributed by atoms with Crippen LogP contribution in [0.1, 0.15) is 51.2 Å². The maximum atomic E-state index is 12.4. The summed E-state index contributed by atoms with van der Waals surface area (Å²) in [7, 11) is 0. The quantitative estimate of drug-likeness (QED) is 0.168. The van der Waals surface area contributed by atoms with E-state index in [0.29, 0.717) is 41.1 Å². The molecule has 0 aliphatic carbocycles. The topological polar surface area (TPSA) is 144 Å². The number of ether oxygens (including phenoxy) is 1. The Morgan fingerprint density at radius 1 is 1.28 bits per heavy atom. The standard InChI is InChI=1S/C21H30ClN7O3/c1-5-8-32-18-10-14(9-16(22)26-18)25-21(31)29-28-17-11-15(12(2)3)19(13(4)23)20(27-17)24-6-7-30/h9-12,23,30H,5-8H2,1-4H3,(H2,24,27,28)(H2,25,26,29,31). The van der Waals surface area contributed by atoms with Crippen LogP contribution in [-0.2, 0) is 0 Å². The van der Waals surface area contributed by atoms with Gasteiger partial charge in [0, 0.05) is 23.9 Å². The number of nitrogens with one attached hydrogen (secondary N) is 5. The highest BCUT2D eigenvalue weighted by Crippen LogP contribution is 2.28. The van der Waals surface area contributed by atoms with Crippen molar-refractivity contribution in [2.24, 2.45) is 0 Å². The Bertz CT molecular complexity index is 953. The molecular weight excluding hydrogens is 434 g/mol. The number of hydrogen-bond donors (Lipinski definition) is 6. The van der Waals surface area contributed by atoms with E-state index in [4.69, 9.17) is 26.9 Å². The Kier molecular flexibility index (Phi) is 9.48. The Labute approximate surface area is 192 Å². The Hall–Kier alpha value is -3.11. The smallest absolute Gasteiger partial charge is 0.337 e. The molecule has 174 valence electrons. The second-order valence-corrected chi connectivity index (χ2v) is 7.71. The number of amides is 2. The third-order valence-corrected chi connectivity index (χ3v) is 4.43. The minimum atomic E-state index is -0.543. The highest BCUT2D eigenvalue weighted by molar-refractivity contribution is 6.29. The van der Waals surface area contributed by atoms with E-state index in [1.165, 1.54) is 6.07 Å². The lowest BCUT2D eigenvalue weighted by molar-refractivity contribution is 0.254. The van der Waals surface area contributed by atoms with Crippen LogP contribution in [0.15, 0.2) is 18.2 Å². The van der Waals surface area contributed by atoms with E-state index in [2.05, 4.69) is 31.5 Å². The monoisotopic (exact) mass is 463 g/mol. The van der Waals surface area contributed by atoms with E-state index in [-0.39, 0.29) is 24.2 Å². The van der Waals surface area contributed by atoms with Crippen LogP contribution in [0.4, 0.5) is 22.1 Å². The number of carbonyl (C=O) groups excluding carboxylic acids is 1. The van der Waals surface area contributed by atoms with E-state index >= 15 is 0 Å². The maximum Gasteiger partial charge on any atom is 0.337 e. The molecule has 2 aromatic heterocycles. The molecule has 10 nitrogen and oxygen atoms in total. The van der Waals surface area contributed by atoms with E-state index in [0.717, 1.165) is 12.0 Å². The average Bonchev–Trinajstić information content (AvgIpc) is 2.73. The fourth-order valence-electron chi connectivity index (χ4n) is 2.89. The van der Waals surface area contributed by atoms with Gasteiger partial charge in [-0.2, -0.15) is 0 Å². The molecule has 2 heterocycles. The zero-order chi connectivity index (χ0) is 23.7. The van der Waals surface area contributed by atoms with Gasteiger partial charge in [-0.05, 0) is 37.0 Å². The number of halogens is 1. The van der Waals surface area contributed by atoms with Crippen LogP contribution >= 0.6 is 11.6 Å². The number of hydrogen-bond acceptors (Lipinski definition) is 8. The minimum absolute atomic E-state index is 0.0774. The number of aromatic nitrogens is 2. The van der Waals surface area contributed by atoms with Crippen LogP contribution in [0.3, 0.4) is 0 Å². The predicted octanol–water partition coefficient (Wildman–Crippen LogP) is 3.98. The van der Waals surface area contributed by atoms with Crippen molar-refractivity contribution in [3.63, 3.8) is 0 Å². The SMILES string of the molecule is CCCOc1cc(NC(=O)NNc2cc(C(C)C)c(C(C)=N)c(NCCO)n2)cc(Cl)n1. The Balaban J connectivity index is 2.15. The Morgan fingerprint density at radius 2 is 2.03 bits per heavy atom. The van der Waals surface area contributed by atoms with Crippen molar-refractivity contribution in [1.82, 2.24) is 15.4 Å². The predicted molar refractivity (Wildman–Crippen MR) is 127 cm³/mol. The molecule has 32 heavy (non-hydrogen) atoms. The summed E-state index contributed by atoms with van der Waals surface area (Å²) in [5.41, 5.74) is 7.65. The first-order valence-corrected chi connectivity index (χ1v) is 10.7. The normalized spacial score (nSPS) is 10.6. The number of urea groups is 1. The highest BCUT2D eigenvalue weighted by atomic mass is 35.5. The molecule has 0 atom stereocenters. The number of rotatable bonds is 11. The Morgan fingerprint density at radius 3 is 2.66 bits per heavy atom. The molecule has 6 N–H and O–H groups in total. The number of anilines is 3. The van der Waals surface area contributed by atoms with E-state index in [9.17, 15) is 4.79 Å². The highest BCUT2D eigenvalue weighted by Gasteiger charge is 2.17. The summed E-state index contributed by atoms with van der Waals surface area (Å²) in [6, 6.07) is 4.32. The van der Waals surface area contributed by atoms with Gasteiger partial charge in [-0.1, -0.05) is 32.4 Å². The molecule has 0 radical (unpaired) electrons. The first kappa shape index (κ1) is 25.2. The number of aliphatic hydroxyl groups excluding tert-OH is 1. The molecule has 2 aromatic rings. The number of carbonyl (C=O) groups is 1. The van der Waals surface area contributed by atoms with Crippen LogP contribution in [0.5, 0.6) is 5.88 Å². The zero-order valence-electron chi connectivity index (χ0n) is 18.7. The molecular formula is C21H30ClN7O3. The summed E-state index contributed by atoms with van der Waals surface area (Å²) in [6.07, 6.45) is 0.818. The lowest BCUT2D eigenvalue weighted by Gasteiger charge is -2.19. The lowest BCUT2D eigenvalue weighted by atomic mass is 9.95. The third-order valence-electron chi connectivity index (χ3n) is 4.24. The fourth-order valence-corrected chi connectivity index (χ4v) is 3.09. The molecule has 0 spiro atoms. The number of hydrazine groups is 1. The van der Waals surface area contributed by atoms with Crippen LogP contribution < -0.4 is 26.2 Å². The second kappa shape index (κ2) is 12.1. The largest absolute Gasteiger partial charge is 0.478 e. The number of aliphatic hydroxyl groups is 1. The molecule has 0 fully saturated rings. The summed E-state index contributed by atoms with van der Waals surface area (Å²) in [5.74, 6) is 1.27. The van der Waals surface area contributed by atoms with Crippen LogP contribution in [-0.4, -0.2) is 46.6 Å². The molecule has 2 amide bonds. The maximum absolute atomic E-state index is 12.4. The molecule has 0 aliphatic rings. The molecule has 0 unspecified atom stereocenters. The van der Waals surface area contributed by atoms with E-state index < -0.39 is 6.03 Å². The molecule has 0 saturated carbocycles. The van der Waals surface area contributed by atoms with E-state index in [1.807, 2.05) is 20.8 Å². The van der Waals surface area contributed by atoms with Crippen molar-refractivity contribution < 1.29 is 14.6 Å². The van der Waals surface area contributed by atoms with Gasteiger partial charge in [0.1, 0.15) is 16.8 Å². The second-order valence-electron chi connectivity index (χ2n) is 7.32. The van der Waals surface area contributed by atoms with Gasteiger partial charge in [-0.25, -0.2) is 14.8 Å². The van der Waals surface area contributed by atoms with Gasteiger partial charge in [0.2, 0.25) is 5.88 Å². The number of pyridine rings is 2. The molecule has 11 heteroatoms. The lowest BCUT2D eigenvalue weighted by Crippen LogP contribution is -2.34. The minimum Gasteiger partial charge on any atom is -0.478 e. The van der Waals surface area contributed by atoms with Gasteiger partial charge in [0.25, 0.3) is 0 Å². The van der Waals surface area contributed by atoms with Crippen molar-refractivity contribution in [3.05, 3.63) is 34.5 Å². The van der Waals surface area contributed by atoms with Crippen LogP contribution in [0.25, 0.3) is 0 Å².